The fraction of sp³-hybridized carbons (Fsp3) is 0.471. The Kier molecular flexibility index (Phi) is 4.86. The van der Waals surface area contributed by atoms with E-state index in [2.05, 4.69) is 30.6 Å². The molecule has 1 saturated heterocycles. The van der Waals surface area contributed by atoms with Crippen molar-refractivity contribution >= 4 is 45.3 Å². The first-order valence-electron chi connectivity index (χ1n) is 9.18. The van der Waals surface area contributed by atoms with E-state index in [0.717, 1.165) is 0 Å². The summed E-state index contributed by atoms with van der Waals surface area (Å²) in [5.41, 5.74) is 1.93. The zero-order chi connectivity index (χ0) is 20.7. The topological polar surface area (TPSA) is 122 Å². The van der Waals surface area contributed by atoms with Crippen LogP contribution in [0.2, 0.25) is 0 Å². The van der Waals surface area contributed by atoms with Gasteiger partial charge in [-0.05, 0) is 13.8 Å². The van der Waals surface area contributed by atoms with Crippen LogP contribution in [0.3, 0.4) is 0 Å². The standard InChI is InChI=1S/C17H21N9O2S/c1-5-26-14-11(22-23-26)13(18-8-19-14)25-6-10(7-25)15(27)21-17-20-9(2)12(29-17)16(28)24(3)4/h8,10H,5-7H2,1-4H3,(H,20,21,27). The van der Waals surface area contributed by atoms with Gasteiger partial charge in [0.1, 0.15) is 11.2 Å². The second kappa shape index (κ2) is 7.35. The third-order valence-electron chi connectivity index (χ3n) is 4.76. The number of amides is 2. The molecule has 0 aliphatic carbocycles. The summed E-state index contributed by atoms with van der Waals surface area (Å²) in [6, 6.07) is 0. The molecular weight excluding hydrogens is 394 g/mol. The Hall–Kier alpha value is -3.15. The van der Waals surface area contributed by atoms with Crippen molar-refractivity contribution in [1.29, 1.82) is 0 Å². The molecular formula is C17H21N9O2S. The molecule has 4 heterocycles. The van der Waals surface area contributed by atoms with Crippen molar-refractivity contribution in [2.45, 2.75) is 20.4 Å². The van der Waals surface area contributed by atoms with Crippen LogP contribution in [0.1, 0.15) is 22.3 Å². The van der Waals surface area contributed by atoms with E-state index in [1.165, 1.54) is 22.6 Å². The molecule has 1 aliphatic rings. The normalized spacial score (nSPS) is 14.1. The number of hydrogen-bond donors (Lipinski definition) is 1. The highest BCUT2D eigenvalue weighted by atomic mass is 32.1. The highest BCUT2D eigenvalue weighted by molar-refractivity contribution is 7.17. The molecule has 1 aliphatic heterocycles. The molecule has 0 aromatic carbocycles. The smallest absolute Gasteiger partial charge is 0.265 e. The first-order valence-corrected chi connectivity index (χ1v) is 9.99. The largest absolute Gasteiger partial charge is 0.353 e. The minimum absolute atomic E-state index is 0.122. The molecule has 4 rings (SSSR count). The number of hydrogen-bond acceptors (Lipinski definition) is 9. The number of nitrogens with one attached hydrogen (secondary N) is 1. The van der Waals surface area contributed by atoms with Crippen molar-refractivity contribution in [3.8, 4) is 0 Å². The van der Waals surface area contributed by atoms with Crippen molar-refractivity contribution in [3.63, 3.8) is 0 Å². The number of thiazole rings is 1. The number of rotatable bonds is 5. The number of anilines is 2. The highest BCUT2D eigenvalue weighted by Gasteiger charge is 2.35. The predicted octanol–water partition coefficient (Wildman–Crippen LogP) is 0.783. The molecule has 1 fully saturated rings. The molecule has 2 amide bonds. The Labute approximate surface area is 170 Å². The van der Waals surface area contributed by atoms with E-state index < -0.39 is 0 Å². The monoisotopic (exact) mass is 415 g/mol. The van der Waals surface area contributed by atoms with Crippen LogP contribution in [-0.4, -0.2) is 73.8 Å². The minimum Gasteiger partial charge on any atom is -0.353 e. The number of nitrogens with zero attached hydrogens (tertiary/aromatic N) is 8. The third kappa shape index (κ3) is 3.39. The van der Waals surface area contributed by atoms with Crippen molar-refractivity contribution in [3.05, 3.63) is 16.9 Å². The molecule has 0 saturated carbocycles. The van der Waals surface area contributed by atoms with Crippen LogP contribution in [0, 0.1) is 12.8 Å². The van der Waals surface area contributed by atoms with Crippen molar-refractivity contribution in [2.24, 2.45) is 5.92 Å². The first-order chi connectivity index (χ1) is 13.9. The summed E-state index contributed by atoms with van der Waals surface area (Å²) in [7, 11) is 3.37. The average molecular weight is 415 g/mol. The maximum Gasteiger partial charge on any atom is 0.265 e. The van der Waals surface area contributed by atoms with Crippen LogP contribution < -0.4 is 10.2 Å². The number of fused-ring (bicyclic) bond motifs is 1. The summed E-state index contributed by atoms with van der Waals surface area (Å²) in [6.45, 7) is 5.44. The van der Waals surface area contributed by atoms with E-state index >= 15 is 0 Å². The second-order valence-electron chi connectivity index (χ2n) is 7.00. The Bertz CT molecular complexity index is 1080. The number of carbonyl (C=O) groups is 2. The van der Waals surface area contributed by atoms with Gasteiger partial charge in [-0.25, -0.2) is 19.6 Å². The Morgan fingerprint density at radius 1 is 1.31 bits per heavy atom. The minimum atomic E-state index is -0.196. The van der Waals surface area contributed by atoms with Crippen molar-refractivity contribution in [2.75, 3.05) is 37.4 Å². The zero-order valence-corrected chi connectivity index (χ0v) is 17.4. The van der Waals surface area contributed by atoms with Crippen LogP contribution in [-0.2, 0) is 11.3 Å². The summed E-state index contributed by atoms with van der Waals surface area (Å²) < 4.78 is 1.71. The lowest BCUT2D eigenvalue weighted by molar-refractivity contribution is -0.120. The van der Waals surface area contributed by atoms with Crippen LogP contribution in [0.5, 0.6) is 0 Å². The van der Waals surface area contributed by atoms with Gasteiger partial charge in [0.15, 0.2) is 22.1 Å². The fourth-order valence-corrected chi connectivity index (χ4v) is 4.09. The summed E-state index contributed by atoms with van der Waals surface area (Å²) in [4.78, 5) is 41.6. The van der Waals surface area contributed by atoms with Gasteiger partial charge in [-0.3, -0.25) is 9.59 Å². The molecule has 0 radical (unpaired) electrons. The van der Waals surface area contributed by atoms with Gasteiger partial charge in [0.05, 0.1) is 11.6 Å². The summed E-state index contributed by atoms with van der Waals surface area (Å²) in [5.74, 6) is 0.241. The second-order valence-corrected chi connectivity index (χ2v) is 8.00. The lowest BCUT2D eigenvalue weighted by Crippen LogP contribution is -2.52. The van der Waals surface area contributed by atoms with Gasteiger partial charge in [-0.2, -0.15) is 0 Å². The Morgan fingerprint density at radius 3 is 2.76 bits per heavy atom. The van der Waals surface area contributed by atoms with E-state index in [1.54, 1.807) is 25.7 Å². The molecule has 29 heavy (non-hydrogen) atoms. The fourth-order valence-electron chi connectivity index (χ4n) is 3.10. The molecule has 3 aromatic heterocycles. The van der Waals surface area contributed by atoms with Gasteiger partial charge in [0.25, 0.3) is 5.91 Å². The van der Waals surface area contributed by atoms with Crippen LogP contribution in [0.4, 0.5) is 10.9 Å². The van der Waals surface area contributed by atoms with Gasteiger partial charge >= 0.3 is 0 Å². The molecule has 0 bridgehead atoms. The van der Waals surface area contributed by atoms with Crippen LogP contribution >= 0.6 is 11.3 Å². The quantitative estimate of drug-likeness (QED) is 0.649. The predicted molar refractivity (Wildman–Crippen MR) is 108 cm³/mol. The summed E-state index contributed by atoms with van der Waals surface area (Å²) in [6.07, 6.45) is 1.49. The van der Waals surface area contributed by atoms with Gasteiger partial charge < -0.3 is 15.1 Å². The van der Waals surface area contributed by atoms with Crippen LogP contribution in [0.15, 0.2) is 6.33 Å². The lowest BCUT2D eigenvalue weighted by atomic mass is 9.99. The molecule has 12 heteroatoms. The van der Waals surface area contributed by atoms with Crippen molar-refractivity contribution in [1.82, 2.24) is 34.8 Å². The molecule has 3 aromatic rings. The maximum atomic E-state index is 12.6. The molecule has 11 nitrogen and oxygen atoms in total. The van der Waals surface area contributed by atoms with E-state index in [4.69, 9.17) is 0 Å². The SMILES string of the molecule is CCn1nnc2c(N3CC(C(=O)Nc4nc(C)c(C(=O)N(C)C)s4)C3)ncnc21. The van der Waals surface area contributed by atoms with Gasteiger partial charge in [0.2, 0.25) is 5.91 Å². The maximum absolute atomic E-state index is 12.6. The zero-order valence-electron chi connectivity index (χ0n) is 16.6. The number of aryl methyl sites for hydroxylation is 2. The van der Waals surface area contributed by atoms with Crippen molar-refractivity contribution < 1.29 is 9.59 Å². The van der Waals surface area contributed by atoms with E-state index in [9.17, 15) is 9.59 Å². The van der Waals surface area contributed by atoms with E-state index in [-0.39, 0.29) is 17.7 Å². The van der Waals surface area contributed by atoms with E-state index in [1.807, 2.05) is 11.8 Å². The summed E-state index contributed by atoms with van der Waals surface area (Å²) in [5, 5.41) is 11.5. The van der Waals surface area contributed by atoms with Crippen LogP contribution in [0.25, 0.3) is 11.2 Å². The van der Waals surface area contributed by atoms with Gasteiger partial charge in [-0.1, -0.05) is 16.6 Å². The number of aromatic nitrogens is 6. The van der Waals surface area contributed by atoms with Gasteiger partial charge in [-0.15, -0.1) is 5.10 Å². The Balaban J connectivity index is 1.42. The summed E-state index contributed by atoms with van der Waals surface area (Å²) >= 11 is 1.19. The lowest BCUT2D eigenvalue weighted by Gasteiger charge is -2.38. The third-order valence-corrected chi connectivity index (χ3v) is 5.82. The molecule has 152 valence electrons. The highest BCUT2D eigenvalue weighted by Crippen LogP contribution is 2.29. The van der Waals surface area contributed by atoms with E-state index in [0.29, 0.717) is 52.3 Å². The molecule has 1 N–H and O–H groups in total. The Morgan fingerprint density at radius 2 is 2.07 bits per heavy atom. The van der Waals surface area contributed by atoms with Gasteiger partial charge in [0, 0.05) is 33.7 Å². The number of carbonyl (C=O) groups excluding carboxylic acids is 2. The molecule has 0 spiro atoms. The molecule has 0 unspecified atom stereocenters. The molecule has 0 atom stereocenters. The first kappa shape index (κ1) is 19.2. The average Bonchev–Trinajstić information content (AvgIpc) is 3.23.